The molecule has 2 aromatic carbocycles. The molecule has 0 radical (unpaired) electrons. The molecule has 0 amide bonds. The summed E-state index contributed by atoms with van der Waals surface area (Å²) < 4.78 is 6.19. The molecule has 1 aliphatic rings. The third kappa shape index (κ3) is 3.19. The van der Waals surface area contributed by atoms with Gasteiger partial charge in [0.1, 0.15) is 0 Å². The highest BCUT2D eigenvalue weighted by Gasteiger charge is 2.44. The number of halogens is 1. The Balaban J connectivity index is 1.80. The van der Waals surface area contributed by atoms with Gasteiger partial charge in [0, 0.05) is 35.1 Å². The maximum absolute atomic E-state index is 12.3. The summed E-state index contributed by atoms with van der Waals surface area (Å²) in [5.74, 6) is -0.523. The average Bonchev–Trinajstić information content (AvgIpc) is 3.06. The molecule has 0 saturated carbocycles. The summed E-state index contributed by atoms with van der Waals surface area (Å²) in [4.78, 5) is 11.5. The second-order valence-corrected chi connectivity index (χ2v) is 7.80. The normalized spacial score (nSPS) is 18.2. The SMILES string of the molecule is NCCNCc1ccc2c(c1)-n1c(noc1=O)C(O)(c1ccc(Cl)cc1)S2. The first kappa shape index (κ1) is 18.3. The van der Waals surface area contributed by atoms with Gasteiger partial charge in [0.2, 0.25) is 10.8 Å². The van der Waals surface area contributed by atoms with Crippen molar-refractivity contribution in [3.8, 4) is 5.69 Å². The minimum absolute atomic E-state index is 0.124. The first-order chi connectivity index (χ1) is 13.0. The van der Waals surface area contributed by atoms with E-state index in [0.29, 0.717) is 35.9 Å². The van der Waals surface area contributed by atoms with Gasteiger partial charge in [0.25, 0.3) is 0 Å². The van der Waals surface area contributed by atoms with Crippen LogP contribution in [0.25, 0.3) is 5.69 Å². The van der Waals surface area contributed by atoms with E-state index in [4.69, 9.17) is 21.9 Å². The summed E-state index contributed by atoms with van der Waals surface area (Å²) in [6.07, 6.45) is 0. The quantitative estimate of drug-likeness (QED) is 0.557. The summed E-state index contributed by atoms with van der Waals surface area (Å²) in [6, 6.07) is 12.5. The van der Waals surface area contributed by atoms with Crippen molar-refractivity contribution in [3.05, 3.63) is 75.0 Å². The van der Waals surface area contributed by atoms with Gasteiger partial charge >= 0.3 is 5.76 Å². The van der Waals surface area contributed by atoms with E-state index in [1.54, 1.807) is 24.3 Å². The van der Waals surface area contributed by atoms with Gasteiger partial charge in [-0.05, 0) is 29.8 Å². The summed E-state index contributed by atoms with van der Waals surface area (Å²) >= 11 is 7.16. The zero-order valence-corrected chi connectivity index (χ0v) is 15.8. The molecule has 7 nitrogen and oxygen atoms in total. The van der Waals surface area contributed by atoms with Crippen LogP contribution in [0.15, 0.2) is 56.7 Å². The van der Waals surface area contributed by atoms with Gasteiger partial charge < -0.3 is 16.2 Å². The van der Waals surface area contributed by atoms with Crippen LogP contribution in [0.1, 0.15) is 17.0 Å². The number of hydrogen-bond acceptors (Lipinski definition) is 7. The van der Waals surface area contributed by atoms with Crippen molar-refractivity contribution in [2.24, 2.45) is 5.73 Å². The van der Waals surface area contributed by atoms with E-state index in [-0.39, 0.29) is 5.82 Å². The van der Waals surface area contributed by atoms with Gasteiger partial charge in [-0.15, -0.1) is 0 Å². The minimum Gasteiger partial charge on any atom is -0.368 e. The first-order valence-electron chi connectivity index (χ1n) is 8.33. The number of rotatable bonds is 5. The molecule has 4 rings (SSSR count). The van der Waals surface area contributed by atoms with E-state index in [9.17, 15) is 9.90 Å². The smallest absolute Gasteiger partial charge is 0.368 e. The molecule has 0 fully saturated rings. The Bertz CT molecular complexity index is 1030. The number of nitrogens with zero attached hydrogens (tertiary/aromatic N) is 2. The van der Waals surface area contributed by atoms with Crippen molar-refractivity contribution in [2.45, 2.75) is 16.4 Å². The highest BCUT2D eigenvalue weighted by Crippen LogP contribution is 2.49. The first-order valence-corrected chi connectivity index (χ1v) is 9.53. The van der Waals surface area contributed by atoms with Gasteiger partial charge in [-0.3, -0.25) is 4.52 Å². The molecule has 0 bridgehead atoms. The van der Waals surface area contributed by atoms with Crippen LogP contribution < -0.4 is 16.8 Å². The van der Waals surface area contributed by atoms with Crippen molar-refractivity contribution in [1.82, 2.24) is 15.0 Å². The molecule has 0 spiro atoms. The van der Waals surface area contributed by atoms with E-state index in [1.807, 2.05) is 18.2 Å². The lowest BCUT2D eigenvalue weighted by atomic mass is 10.1. The predicted molar refractivity (Wildman–Crippen MR) is 103 cm³/mol. The summed E-state index contributed by atoms with van der Waals surface area (Å²) in [6.45, 7) is 1.86. The van der Waals surface area contributed by atoms with Crippen molar-refractivity contribution >= 4 is 23.4 Å². The molecule has 4 N–H and O–H groups in total. The van der Waals surface area contributed by atoms with Crippen molar-refractivity contribution in [3.63, 3.8) is 0 Å². The fourth-order valence-corrected chi connectivity index (χ4v) is 4.32. The second kappa shape index (κ2) is 7.14. The minimum atomic E-state index is -1.57. The number of fused-ring (bicyclic) bond motifs is 3. The fraction of sp³-hybridized carbons (Fsp3) is 0.222. The Morgan fingerprint density at radius 1 is 1.30 bits per heavy atom. The van der Waals surface area contributed by atoms with E-state index in [2.05, 4.69) is 10.5 Å². The van der Waals surface area contributed by atoms with E-state index >= 15 is 0 Å². The lowest BCUT2D eigenvalue weighted by molar-refractivity contribution is 0.163. The Labute approximate surface area is 164 Å². The predicted octanol–water partition coefficient (Wildman–Crippen LogP) is 1.83. The third-order valence-electron chi connectivity index (χ3n) is 4.32. The van der Waals surface area contributed by atoms with Crippen LogP contribution in [0.2, 0.25) is 5.02 Å². The molecule has 9 heteroatoms. The number of hydrogen-bond donors (Lipinski definition) is 3. The molecule has 1 aromatic heterocycles. The molecular weight excluding hydrogens is 388 g/mol. The Hall–Kier alpha value is -2.10. The largest absolute Gasteiger partial charge is 0.446 e. The van der Waals surface area contributed by atoms with E-state index in [0.717, 1.165) is 10.5 Å². The van der Waals surface area contributed by atoms with Gasteiger partial charge in [0.15, 0.2) is 0 Å². The summed E-state index contributed by atoms with van der Waals surface area (Å²) in [5, 5.41) is 19.0. The number of thioether (sulfide) groups is 1. The fourth-order valence-electron chi connectivity index (χ4n) is 3.01. The number of nitrogens with one attached hydrogen (secondary N) is 1. The van der Waals surface area contributed by atoms with Crippen molar-refractivity contribution < 1.29 is 9.63 Å². The maximum Gasteiger partial charge on any atom is 0.446 e. The van der Waals surface area contributed by atoms with E-state index in [1.165, 1.54) is 16.3 Å². The number of aliphatic hydroxyl groups is 1. The average molecular weight is 405 g/mol. The van der Waals surface area contributed by atoms with Crippen LogP contribution in [-0.2, 0) is 11.5 Å². The van der Waals surface area contributed by atoms with Crippen LogP contribution in [-0.4, -0.2) is 27.9 Å². The van der Waals surface area contributed by atoms with Crippen molar-refractivity contribution in [1.29, 1.82) is 0 Å². The zero-order chi connectivity index (χ0) is 19.0. The van der Waals surface area contributed by atoms with Crippen LogP contribution in [0.4, 0.5) is 0 Å². The second-order valence-electron chi connectivity index (χ2n) is 6.13. The summed E-state index contributed by atoms with van der Waals surface area (Å²) in [5.41, 5.74) is 7.67. The lowest BCUT2D eigenvalue weighted by Gasteiger charge is -2.31. The monoisotopic (exact) mass is 404 g/mol. The number of benzene rings is 2. The van der Waals surface area contributed by atoms with E-state index < -0.39 is 10.7 Å². The van der Waals surface area contributed by atoms with Crippen LogP contribution >= 0.6 is 23.4 Å². The number of aromatic nitrogens is 2. The topological polar surface area (TPSA) is 106 Å². The van der Waals surface area contributed by atoms with Crippen LogP contribution in [0, 0.1) is 0 Å². The molecule has 2 heterocycles. The van der Waals surface area contributed by atoms with Gasteiger partial charge in [-0.1, -0.05) is 46.7 Å². The highest BCUT2D eigenvalue weighted by atomic mass is 35.5. The van der Waals surface area contributed by atoms with Gasteiger partial charge in [-0.25, -0.2) is 9.36 Å². The lowest BCUT2D eigenvalue weighted by Crippen LogP contribution is -2.33. The Kier molecular flexibility index (Phi) is 4.83. The molecule has 140 valence electrons. The zero-order valence-electron chi connectivity index (χ0n) is 14.2. The number of nitrogens with two attached hydrogens (primary N) is 1. The molecule has 0 aliphatic carbocycles. The third-order valence-corrected chi connectivity index (χ3v) is 5.85. The molecule has 1 atom stereocenters. The maximum atomic E-state index is 12.3. The highest BCUT2D eigenvalue weighted by molar-refractivity contribution is 8.00. The summed E-state index contributed by atoms with van der Waals surface area (Å²) in [7, 11) is 0. The Morgan fingerprint density at radius 3 is 2.81 bits per heavy atom. The molecule has 1 unspecified atom stereocenters. The molecule has 27 heavy (non-hydrogen) atoms. The molecular formula is C18H17ClN4O3S. The van der Waals surface area contributed by atoms with Crippen LogP contribution in [0.5, 0.6) is 0 Å². The van der Waals surface area contributed by atoms with Gasteiger partial charge in [-0.2, -0.15) is 0 Å². The van der Waals surface area contributed by atoms with Crippen molar-refractivity contribution in [2.75, 3.05) is 13.1 Å². The molecule has 0 saturated heterocycles. The van der Waals surface area contributed by atoms with Crippen LogP contribution in [0.3, 0.4) is 0 Å². The Morgan fingerprint density at radius 2 is 2.07 bits per heavy atom. The standard InChI is InChI=1S/C18H17ClN4O3S/c19-13-4-2-12(3-5-13)18(25)16-22-26-17(24)23(16)14-9-11(10-21-8-7-20)1-6-15(14)27-18/h1-6,9,21,25H,7-8,10,20H2. The molecule has 1 aliphatic heterocycles. The molecule has 3 aromatic rings. The van der Waals surface area contributed by atoms with Gasteiger partial charge in [0.05, 0.1) is 5.69 Å².